The Labute approximate surface area is 337 Å². The van der Waals surface area contributed by atoms with Gasteiger partial charge in [0.15, 0.2) is 0 Å². The lowest BCUT2D eigenvalue weighted by Crippen LogP contribution is -2.16. The van der Waals surface area contributed by atoms with Gasteiger partial charge in [0, 0.05) is 32.4 Å². The van der Waals surface area contributed by atoms with E-state index in [0.29, 0.717) is 28.1 Å². The van der Waals surface area contributed by atoms with Crippen LogP contribution in [0, 0.1) is 40.9 Å². The summed E-state index contributed by atoms with van der Waals surface area (Å²) in [5.74, 6) is 0. The van der Waals surface area contributed by atoms with Gasteiger partial charge in [-0.2, -0.15) is 15.8 Å². The van der Waals surface area contributed by atoms with Crippen LogP contribution in [0.1, 0.15) is 79.1 Å². The van der Waals surface area contributed by atoms with Crippen LogP contribution in [0.15, 0.2) is 127 Å². The molecule has 0 saturated heterocycles. The number of aromatic nitrogens is 2. The van der Waals surface area contributed by atoms with Crippen molar-refractivity contribution in [3.63, 3.8) is 0 Å². The molecular formula is C53H39N5. The topological polar surface area (TPSA) is 81.2 Å². The van der Waals surface area contributed by atoms with Crippen LogP contribution in [0.5, 0.6) is 0 Å². The smallest absolute Gasteiger partial charge is 0.104 e. The third-order valence-corrected chi connectivity index (χ3v) is 13.1. The highest BCUT2D eigenvalue weighted by Gasteiger charge is 2.39. The van der Waals surface area contributed by atoms with Crippen molar-refractivity contribution in [2.75, 3.05) is 0 Å². The van der Waals surface area contributed by atoms with Gasteiger partial charge in [-0.25, -0.2) is 0 Å². The predicted octanol–water partition coefficient (Wildman–Crippen LogP) is 12.9. The van der Waals surface area contributed by atoms with Crippen molar-refractivity contribution < 1.29 is 0 Å². The molecule has 10 rings (SSSR count). The van der Waals surface area contributed by atoms with Crippen LogP contribution in [0.4, 0.5) is 0 Å². The number of hydrogen-bond acceptors (Lipinski definition) is 3. The Morgan fingerprint density at radius 1 is 0.552 bits per heavy atom. The molecule has 2 aliphatic rings. The number of fused-ring (bicyclic) bond motifs is 10. The van der Waals surface area contributed by atoms with Gasteiger partial charge in [0.2, 0.25) is 0 Å². The summed E-state index contributed by atoms with van der Waals surface area (Å²) in [5.41, 5.74) is 14.8. The van der Waals surface area contributed by atoms with E-state index in [1.54, 1.807) is 0 Å². The van der Waals surface area contributed by atoms with Gasteiger partial charge in [-0.05, 0) is 100 Å². The first-order chi connectivity index (χ1) is 28.0. The second kappa shape index (κ2) is 12.1. The molecule has 2 heterocycles. The molecule has 5 nitrogen and oxygen atoms in total. The van der Waals surface area contributed by atoms with Crippen molar-refractivity contribution in [3.05, 3.63) is 172 Å². The molecule has 0 saturated carbocycles. The van der Waals surface area contributed by atoms with Crippen LogP contribution in [-0.4, -0.2) is 9.13 Å². The number of benzene rings is 6. The van der Waals surface area contributed by atoms with Gasteiger partial charge < -0.3 is 9.13 Å². The summed E-state index contributed by atoms with van der Waals surface area (Å²) < 4.78 is 4.21. The summed E-state index contributed by atoms with van der Waals surface area (Å²) in [6.45, 7) is 17.1. The van der Waals surface area contributed by atoms with Gasteiger partial charge in [0.05, 0.1) is 44.6 Å². The van der Waals surface area contributed by atoms with Crippen molar-refractivity contribution >= 4 is 49.2 Å². The van der Waals surface area contributed by atoms with Gasteiger partial charge in [-0.15, -0.1) is 0 Å². The Balaban J connectivity index is 1.37. The summed E-state index contributed by atoms with van der Waals surface area (Å²) >= 11 is 0. The normalized spacial score (nSPS) is 14.9. The third kappa shape index (κ3) is 4.27. The van der Waals surface area contributed by atoms with E-state index in [1.807, 2.05) is 44.2 Å². The van der Waals surface area contributed by atoms with E-state index in [4.69, 9.17) is 0 Å². The molecule has 8 aromatic rings. The third-order valence-electron chi connectivity index (χ3n) is 13.1. The average molecular weight is 746 g/mol. The fraction of sp³-hybridized carbons (Fsp3) is 0.151. The maximum absolute atomic E-state index is 11.5. The molecular weight excluding hydrogens is 707 g/mol. The summed E-state index contributed by atoms with van der Waals surface area (Å²) in [6.07, 6.45) is 6.19. The number of allylic oxidation sites excluding steroid dienone is 5. The highest BCUT2D eigenvalue weighted by Crippen LogP contribution is 2.53. The number of hydrogen-bond donors (Lipinski definition) is 0. The zero-order valence-corrected chi connectivity index (χ0v) is 33.4. The molecule has 6 aromatic carbocycles. The molecule has 0 unspecified atom stereocenters. The molecule has 0 amide bonds. The molecule has 2 aliphatic carbocycles. The van der Waals surface area contributed by atoms with Crippen molar-refractivity contribution in [1.82, 2.24) is 9.13 Å². The highest BCUT2D eigenvalue weighted by atomic mass is 15.0. The maximum atomic E-state index is 11.5. The van der Waals surface area contributed by atoms with E-state index in [9.17, 15) is 15.8 Å². The summed E-state index contributed by atoms with van der Waals surface area (Å²) in [4.78, 5) is 0. The molecule has 5 heteroatoms. The Hall–Kier alpha value is -7.39. The second-order valence-corrected chi connectivity index (χ2v) is 16.6. The Morgan fingerprint density at radius 3 is 1.59 bits per heavy atom. The summed E-state index contributed by atoms with van der Waals surface area (Å²) in [6, 6.07) is 41.6. The maximum Gasteiger partial charge on any atom is 0.104 e. The van der Waals surface area contributed by atoms with Gasteiger partial charge in [0.25, 0.3) is 0 Å². The van der Waals surface area contributed by atoms with Crippen molar-refractivity contribution in [2.24, 2.45) is 0 Å². The molecule has 2 aromatic heterocycles. The molecule has 58 heavy (non-hydrogen) atoms. The first-order valence-corrected chi connectivity index (χ1v) is 19.7. The van der Waals surface area contributed by atoms with E-state index in [-0.39, 0.29) is 16.4 Å². The van der Waals surface area contributed by atoms with Crippen LogP contribution < -0.4 is 0 Å². The Kier molecular flexibility index (Phi) is 7.29. The lowest BCUT2D eigenvalue weighted by molar-refractivity contribution is 0.655. The van der Waals surface area contributed by atoms with E-state index >= 15 is 0 Å². The molecule has 0 atom stereocenters. The van der Waals surface area contributed by atoms with Gasteiger partial charge in [-0.3, -0.25) is 0 Å². The standard InChI is InChI=1S/C53H39N5/c1-8-16-31-35-23-37-33-18-11-14-21-46(33)57(48(37)25-44(35)52(4,5)42(31)9-2)50-39(27-54)30(3)40(28-55)51(41(50)29-56)58-47-22-15-12-19-34(47)38-24-36-32-17-10-13-20-43(32)53(6,7)45(36)26-49(38)58/h8-26H,2H2,1,3-7H3/b16-8-. The van der Waals surface area contributed by atoms with Gasteiger partial charge in [0.1, 0.15) is 23.8 Å². The zero-order chi connectivity index (χ0) is 40.4. The summed E-state index contributed by atoms with van der Waals surface area (Å²) in [7, 11) is 0. The number of nitriles is 3. The lowest BCUT2D eigenvalue weighted by atomic mass is 9.81. The van der Waals surface area contributed by atoms with Crippen LogP contribution >= 0.6 is 0 Å². The minimum Gasteiger partial charge on any atom is -0.307 e. The molecule has 0 radical (unpaired) electrons. The summed E-state index contributed by atoms with van der Waals surface area (Å²) in [5, 5.41) is 37.8. The SMILES string of the molecule is C=CC1=C(/C=C\C)c2cc3c4ccccc4n(-c4c(C#N)c(C)c(C#N)c(-n5c6ccccc6c6cc7c(cc65)C(C)(C)c5ccccc5-7)c4C#N)c3cc2C1(C)C. The van der Waals surface area contributed by atoms with Crippen molar-refractivity contribution in [3.8, 4) is 40.7 Å². The first kappa shape index (κ1) is 35.1. The largest absolute Gasteiger partial charge is 0.307 e. The second-order valence-electron chi connectivity index (χ2n) is 16.6. The quantitative estimate of drug-likeness (QED) is 0.180. The molecule has 0 aliphatic heterocycles. The van der Waals surface area contributed by atoms with Gasteiger partial charge in [-0.1, -0.05) is 113 Å². The molecule has 0 spiro atoms. The first-order valence-electron chi connectivity index (χ1n) is 19.7. The molecule has 0 bridgehead atoms. The van der Waals surface area contributed by atoms with E-state index in [1.165, 1.54) is 22.3 Å². The minimum atomic E-state index is -0.347. The monoisotopic (exact) mass is 745 g/mol. The Morgan fingerprint density at radius 2 is 1.05 bits per heavy atom. The van der Waals surface area contributed by atoms with E-state index < -0.39 is 0 Å². The van der Waals surface area contributed by atoms with Crippen LogP contribution in [0.2, 0.25) is 0 Å². The van der Waals surface area contributed by atoms with Crippen LogP contribution in [-0.2, 0) is 10.8 Å². The van der Waals surface area contributed by atoms with Crippen molar-refractivity contribution in [2.45, 2.75) is 52.4 Å². The highest BCUT2D eigenvalue weighted by molar-refractivity contribution is 6.14. The fourth-order valence-corrected chi connectivity index (χ4v) is 10.4. The van der Waals surface area contributed by atoms with E-state index in [2.05, 4.69) is 147 Å². The Bertz CT molecular complexity index is 3410. The number of nitrogens with zero attached hydrogens (tertiary/aromatic N) is 5. The minimum absolute atomic E-state index is 0.270. The molecule has 276 valence electrons. The molecule has 0 fully saturated rings. The van der Waals surface area contributed by atoms with E-state index in [0.717, 1.165) is 65.9 Å². The van der Waals surface area contributed by atoms with Crippen LogP contribution in [0.25, 0.3) is 71.7 Å². The van der Waals surface area contributed by atoms with Crippen LogP contribution in [0.3, 0.4) is 0 Å². The average Bonchev–Trinajstić information content (AvgIpc) is 3.87. The lowest BCUT2D eigenvalue weighted by Gasteiger charge is -2.24. The predicted molar refractivity (Wildman–Crippen MR) is 237 cm³/mol. The molecule has 0 N–H and O–H groups in total. The van der Waals surface area contributed by atoms with Crippen molar-refractivity contribution in [1.29, 1.82) is 15.8 Å². The number of rotatable bonds is 4. The fourth-order valence-electron chi connectivity index (χ4n) is 10.4. The zero-order valence-electron chi connectivity index (χ0n) is 33.4. The number of para-hydroxylation sites is 2. The van der Waals surface area contributed by atoms with Gasteiger partial charge >= 0.3 is 0 Å².